The molecular weight excluding hydrogens is 278 g/mol. The molecule has 0 saturated carbocycles. The van der Waals surface area contributed by atoms with Crippen LogP contribution in [0.2, 0.25) is 0 Å². The molecular formula is C13H19N3O3S. The highest BCUT2D eigenvalue weighted by Gasteiger charge is 2.25. The number of anilines is 2. The summed E-state index contributed by atoms with van der Waals surface area (Å²) < 4.78 is 11.4. The highest BCUT2D eigenvalue weighted by atomic mass is 32.2. The van der Waals surface area contributed by atoms with E-state index in [-0.39, 0.29) is 10.6 Å². The molecule has 1 N–H and O–H groups in total. The topological polar surface area (TPSA) is 75.5 Å². The Bertz CT molecular complexity index is 512. The predicted octanol–water partition coefficient (Wildman–Crippen LogP) is 1.99. The molecule has 0 unspecified atom stereocenters. The van der Waals surface area contributed by atoms with Gasteiger partial charge in [-0.1, -0.05) is 13.0 Å². The third-order valence-electron chi connectivity index (χ3n) is 3.28. The molecule has 1 aromatic carbocycles. The lowest BCUT2D eigenvalue weighted by Gasteiger charge is -2.28. The lowest BCUT2D eigenvalue weighted by Crippen LogP contribution is -2.38. The second-order valence-electron chi connectivity index (χ2n) is 4.69. The number of nitro groups is 1. The quantitative estimate of drug-likeness (QED) is 0.664. The summed E-state index contributed by atoms with van der Waals surface area (Å²) >= 11 is 0. The van der Waals surface area contributed by atoms with Crippen molar-refractivity contribution in [3.8, 4) is 0 Å². The summed E-state index contributed by atoms with van der Waals surface area (Å²) in [4.78, 5) is 13.0. The van der Waals surface area contributed by atoms with E-state index in [9.17, 15) is 14.3 Å². The lowest BCUT2D eigenvalue weighted by atomic mass is 10.2. The second-order valence-corrected chi connectivity index (χ2v) is 6.39. The minimum absolute atomic E-state index is 0.119. The summed E-state index contributed by atoms with van der Waals surface area (Å²) in [6.07, 6.45) is 0.907. The average molecular weight is 297 g/mol. The Hall–Kier alpha value is -1.63. The van der Waals surface area contributed by atoms with Crippen LogP contribution in [0.1, 0.15) is 13.3 Å². The third kappa shape index (κ3) is 3.27. The van der Waals surface area contributed by atoms with Gasteiger partial charge < -0.3 is 10.2 Å². The first kappa shape index (κ1) is 14.8. The zero-order valence-corrected chi connectivity index (χ0v) is 12.3. The zero-order valence-electron chi connectivity index (χ0n) is 11.5. The van der Waals surface area contributed by atoms with E-state index in [0.29, 0.717) is 42.5 Å². The van der Waals surface area contributed by atoms with Gasteiger partial charge in [0.25, 0.3) is 0 Å². The second kappa shape index (κ2) is 6.69. The Morgan fingerprint density at radius 2 is 2.10 bits per heavy atom. The van der Waals surface area contributed by atoms with Crippen molar-refractivity contribution in [3.05, 3.63) is 28.3 Å². The summed E-state index contributed by atoms with van der Waals surface area (Å²) in [5.74, 6) is 1.15. The van der Waals surface area contributed by atoms with Crippen LogP contribution >= 0.6 is 0 Å². The monoisotopic (exact) mass is 297 g/mol. The molecule has 1 fully saturated rings. The number of rotatable bonds is 5. The van der Waals surface area contributed by atoms with Crippen LogP contribution in [-0.4, -0.2) is 40.3 Å². The van der Waals surface area contributed by atoms with E-state index in [2.05, 4.69) is 5.32 Å². The lowest BCUT2D eigenvalue weighted by molar-refractivity contribution is -0.383. The molecule has 0 amide bonds. The molecule has 1 aromatic rings. The molecule has 0 aromatic heterocycles. The van der Waals surface area contributed by atoms with Gasteiger partial charge in [0.05, 0.1) is 4.92 Å². The van der Waals surface area contributed by atoms with Crippen molar-refractivity contribution in [1.82, 2.24) is 0 Å². The van der Waals surface area contributed by atoms with Gasteiger partial charge in [-0.05, 0) is 18.6 Å². The predicted molar refractivity (Wildman–Crippen MR) is 82.0 cm³/mol. The first-order chi connectivity index (χ1) is 9.63. The van der Waals surface area contributed by atoms with Crippen molar-refractivity contribution in [3.63, 3.8) is 0 Å². The smallest absolute Gasteiger partial charge is 0.315 e. The van der Waals surface area contributed by atoms with Crippen molar-refractivity contribution < 1.29 is 9.13 Å². The van der Waals surface area contributed by atoms with Gasteiger partial charge in [-0.15, -0.1) is 0 Å². The average Bonchev–Trinajstić information content (AvgIpc) is 2.45. The van der Waals surface area contributed by atoms with Gasteiger partial charge in [-0.3, -0.25) is 14.3 Å². The van der Waals surface area contributed by atoms with Gasteiger partial charge in [-0.2, -0.15) is 0 Å². The van der Waals surface area contributed by atoms with Crippen molar-refractivity contribution in [2.45, 2.75) is 13.3 Å². The summed E-state index contributed by atoms with van der Waals surface area (Å²) in [6, 6.07) is 5.33. The highest BCUT2D eigenvalue weighted by Crippen LogP contribution is 2.35. The molecule has 1 saturated heterocycles. The molecule has 0 bridgehead atoms. The molecule has 0 atom stereocenters. The van der Waals surface area contributed by atoms with Crippen LogP contribution < -0.4 is 10.2 Å². The molecule has 2 rings (SSSR count). The molecule has 7 heteroatoms. The molecule has 20 heavy (non-hydrogen) atoms. The standard InChI is InChI=1S/C13H19N3O3S/c1-2-6-14-11-4-3-5-12(13(11)16(17)18)15-7-9-20(19)10-8-15/h3-5,14H,2,6-10H2,1H3. The number of hydrogen-bond donors (Lipinski definition) is 1. The van der Waals surface area contributed by atoms with Crippen molar-refractivity contribution in [2.24, 2.45) is 0 Å². The molecule has 1 aliphatic heterocycles. The van der Waals surface area contributed by atoms with Crippen molar-refractivity contribution in [1.29, 1.82) is 0 Å². The number of nitro benzene ring substituents is 1. The van der Waals surface area contributed by atoms with E-state index >= 15 is 0 Å². The van der Waals surface area contributed by atoms with E-state index in [1.807, 2.05) is 17.9 Å². The summed E-state index contributed by atoms with van der Waals surface area (Å²) in [5.41, 5.74) is 1.29. The van der Waals surface area contributed by atoms with E-state index in [1.54, 1.807) is 12.1 Å². The SMILES string of the molecule is CCCNc1cccc(N2CCS(=O)CC2)c1[N+](=O)[O-]. The number of benzene rings is 1. The maximum atomic E-state index is 11.4. The van der Waals surface area contributed by atoms with Gasteiger partial charge in [0.1, 0.15) is 11.4 Å². The summed E-state index contributed by atoms with van der Waals surface area (Å²) in [6.45, 7) is 3.92. The van der Waals surface area contributed by atoms with Crippen LogP contribution in [0.15, 0.2) is 18.2 Å². The molecule has 0 spiro atoms. The molecule has 1 aliphatic rings. The maximum absolute atomic E-state index is 11.4. The van der Waals surface area contributed by atoms with Gasteiger partial charge in [-0.25, -0.2) is 0 Å². The maximum Gasteiger partial charge on any atom is 0.315 e. The highest BCUT2D eigenvalue weighted by molar-refractivity contribution is 7.85. The Morgan fingerprint density at radius 1 is 1.40 bits per heavy atom. The van der Waals surface area contributed by atoms with Crippen LogP contribution in [0.25, 0.3) is 0 Å². The van der Waals surface area contributed by atoms with Crippen LogP contribution in [0.5, 0.6) is 0 Å². The minimum atomic E-state index is -0.789. The van der Waals surface area contributed by atoms with Crippen LogP contribution in [0.4, 0.5) is 17.1 Å². The molecule has 0 radical (unpaired) electrons. The first-order valence-corrected chi connectivity index (χ1v) is 8.23. The van der Waals surface area contributed by atoms with Crippen molar-refractivity contribution >= 4 is 27.9 Å². The van der Waals surface area contributed by atoms with E-state index in [0.717, 1.165) is 6.42 Å². The Kier molecular flexibility index (Phi) is 4.94. The first-order valence-electron chi connectivity index (χ1n) is 6.74. The Morgan fingerprint density at radius 3 is 2.70 bits per heavy atom. The van der Waals surface area contributed by atoms with Gasteiger partial charge in [0.15, 0.2) is 0 Å². The van der Waals surface area contributed by atoms with Crippen LogP contribution in [-0.2, 0) is 10.8 Å². The van der Waals surface area contributed by atoms with E-state index < -0.39 is 10.8 Å². The Balaban J connectivity index is 2.31. The van der Waals surface area contributed by atoms with Gasteiger partial charge in [0, 0.05) is 41.9 Å². The number of nitrogens with one attached hydrogen (secondary N) is 1. The third-order valence-corrected chi connectivity index (χ3v) is 4.56. The number of hydrogen-bond acceptors (Lipinski definition) is 5. The fraction of sp³-hybridized carbons (Fsp3) is 0.538. The van der Waals surface area contributed by atoms with E-state index in [1.165, 1.54) is 0 Å². The number of nitrogens with zero attached hydrogens (tertiary/aromatic N) is 2. The van der Waals surface area contributed by atoms with Crippen molar-refractivity contribution in [2.75, 3.05) is 41.4 Å². The molecule has 0 aliphatic carbocycles. The molecule has 1 heterocycles. The largest absolute Gasteiger partial charge is 0.379 e. The number of para-hydroxylation sites is 1. The minimum Gasteiger partial charge on any atom is -0.379 e. The fourth-order valence-electron chi connectivity index (χ4n) is 2.26. The van der Waals surface area contributed by atoms with E-state index in [4.69, 9.17) is 0 Å². The molecule has 110 valence electrons. The zero-order chi connectivity index (χ0) is 14.5. The van der Waals surface area contributed by atoms with Gasteiger partial charge in [0.2, 0.25) is 0 Å². The molecule has 6 nitrogen and oxygen atoms in total. The van der Waals surface area contributed by atoms with Crippen LogP contribution in [0.3, 0.4) is 0 Å². The Labute approximate surface area is 120 Å². The summed E-state index contributed by atoms with van der Waals surface area (Å²) in [7, 11) is -0.789. The van der Waals surface area contributed by atoms with Crippen LogP contribution in [0, 0.1) is 10.1 Å². The summed E-state index contributed by atoms with van der Waals surface area (Å²) in [5, 5.41) is 14.5. The fourth-order valence-corrected chi connectivity index (χ4v) is 3.31. The van der Waals surface area contributed by atoms with Gasteiger partial charge >= 0.3 is 5.69 Å². The normalized spacial score (nSPS) is 16.1.